The summed E-state index contributed by atoms with van der Waals surface area (Å²) in [6, 6.07) is 12.2. The number of aromatic nitrogens is 3. The fourth-order valence-corrected chi connectivity index (χ4v) is 2.93. The molecule has 0 bridgehead atoms. The van der Waals surface area contributed by atoms with Gasteiger partial charge in [0.15, 0.2) is 0 Å². The summed E-state index contributed by atoms with van der Waals surface area (Å²) in [6.07, 6.45) is 2.84. The molecule has 4 heteroatoms. The molecule has 0 fully saturated rings. The lowest BCUT2D eigenvalue weighted by Gasteiger charge is -2.11. The second-order valence-electron chi connectivity index (χ2n) is 5.80. The number of aryl methyl sites for hydroxylation is 2. The van der Waals surface area contributed by atoms with Crippen molar-refractivity contribution < 1.29 is 0 Å². The average molecular weight is 304 g/mol. The molecular formula is C19H20N4. The molecule has 0 radical (unpaired) electrons. The highest BCUT2D eigenvalue weighted by atomic mass is 15.1. The standard InChI is InChI=1S/C19H20N4/c1-4-17-9-18(16-7-5-15(10-20)6-8-16)14(3)23(17)12-19-13(2)11-21-22-19/h5-9,11H,4,12H2,1-3H3,(H,21,22). The fourth-order valence-electron chi connectivity index (χ4n) is 2.93. The van der Waals surface area contributed by atoms with Crippen molar-refractivity contribution in [2.45, 2.75) is 33.7 Å². The molecule has 0 spiro atoms. The molecule has 0 atom stereocenters. The van der Waals surface area contributed by atoms with E-state index in [-0.39, 0.29) is 0 Å². The van der Waals surface area contributed by atoms with Crippen LogP contribution in [0.4, 0.5) is 0 Å². The van der Waals surface area contributed by atoms with Gasteiger partial charge in [0.2, 0.25) is 0 Å². The van der Waals surface area contributed by atoms with Gasteiger partial charge < -0.3 is 4.57 Å². The molecule has 0 unspecified atom stereocenters. The minimum absolute atomic E-state index is 0.689. The quantitative estimate of drug-likeness (QED) is 0.792. The number of H-pyrrole nitrogens is 1. The molecule has 0 saturated heterocycles. The van der Waals surface area contributed by atoms with E-state index in [2.05, 4.69) is 47.7 Å². The predicted molar refractivity (Wildman–Crippen MR) is 91.1 cm³/mol. The maximum atomic E-state index is 8.95. The van der Waals surface area contributed by atoms with Crippen LogP contribution in [-0.4, -0.2) is 14.8 Å². The molecule has 0 aliphatic rings. The highest BCUT2D eigenvalue weighted by Crippen LogP contribution is 2.28. The Bertz CT molecular complexity index is 860. The number of nitriles is 1. The Morgan fingerprint density at radius 3 is 2.52 bits per heavy atom. The summed E-state index contributed by atoms with van der Waals surface area (Å²) in [5.74, 6) is 0. The smallest absolute Gasteiger partial charge is 0.0991 e. The van der Waals surface area contributed by atoms with Gasteiger partial charge in [0.1, 0.15) is 0 Å². The molecule has 0 amide bonds. The van der Waals surface area contributed by atoms with Gasteiger partial charge in [-0.05, 0) is 49.6 Å². The number of aromatic amines is 1. The summed E-state index contributed by atoms with van der Waals surface area (Å²) in [5.41, 5.74) is 7.93. The topological polar surface area (TPSA) is 57.4 Å². The minimum atomic E-state index is 0.689. The second kappa shape index (κ2) is 6.13. The van der Waals surface area contributed by atoms with Gasteiger partial charge in [-0.3, -0.25) is 5.10 Å². The zero-order valence-electron chi connectivity index (χ0n) is 13.7. The van der Waals surface area contributed by atoms with Gasteiger partial charge in [-0.2, -0.15) is 10.4 Å². The summed E-state index contributed by atoms with van der Waals surface area (Å²) in [5, 5.41) is 16.2. The Morgan fingerprint density at radius 1 is 1.22 bits per heavy atom. The monoisotopic (exact) mass is 304 g/mol. The molecule has 23 heavy (non-hydrogen) atoms. The van der Waals surface area contributed by atoms with Crippen molar-refractivity contribution in [3.63, 3.8) is 0 Å². The first-order valence-corrected chi connectivity index (χ1v) is 7.82. The lowest BCUT2D eigenvalue weighted by Crippen LogP contribution is -2.07. The van der Waals surface area contributed by atoms with E-state index >= 15 is 0 Å². The highest BCUT2D eigenvalue weighted by molar-refractivity contribution is 5.68. The Balaban J connectivity index is 2.02. The van der Waals surface area contributed by atoms with E-state index in [4.69, 9.17) is 5.26 Å². The molecule has 0 aliphatic heterocycles. The number of hydrogen-bond acceptors (Lipinski definition) is 2. The van der Waals surface area contributed by atoms with Gasteiger partial charge in [-0.15, -0.1) is 0 Å². The van der Waals surface area contributed by atoms with Gasteiger partial charge in [0.25, 0.3) is 0 Å². The van der Waals surface area contributed by atoms with Crippen molar-refractivity contribution in [2.24, 2.45) is 0 Å². The molecule has 116 valence electrons. The largest absolute Gasteiger partial charge is 0.342 e. The lowest BCUT2D eigenvalue weighted by atomic mass is 10.0. The molecule has 2 aromatic heterocycles. The van der Waals surface area contributed by atoms with Gasteiger partial charge in [-0.1, -0.05) is 19.1 Å². The van der Waals surface area contributed by atoms with Crippen LogP contribution in [0.1, 0.15) is 35.1 Å². The highest BCUT2D eigenvalue weighted by Gasteiger charge is 2.14. The number of benzene rings is 1. The van der Waals surface area contributed by atoms with E-state index in [1.807, 2.05) is 30.5 Å². The molecule has 1 aromatic carbocycles. The third kappa shape index (κ3) is 2.78. The lowest BCUT2D eigenvalue weighted by molar-refractivity contribution is 0.706. The molecule has 3 rings (SSSR count). The average Bonchev–Trinajstić information content (AvgIpc) is 3.12. The van der Waals surface area contributed by atoms with Crippen LogP contribution in [0.15, 0.2) is 36.5 Å². The fraction of sp³-hybridized carbons (Fsp3) is 0.263. The van der Waals surface area contributed by atoms with Crippen molar-refractivity contribution in [3.8, 4) is 17.2 Å². The van der Waals surface area contributed by atoms with Crippen molar-refractivity contribution in [1.82, 2.24) is 14.8 Å². The van der Waals surface area contributed by atoms with E-state index < -0.39 is 0 Å². The van der Waals surface area contributed by atoms with Crippen LogP contribution in [0.5, 0.6) is 0 Å². The van der Waals surface area contributed by atoms with Crippen molar-refractivity contribution >= 4 is 0 Å². The number of rotatable bonds is 4. The molecule has 2 heterocycles. The Hall–Kier alpha value is -2.80. The molecule has 0 aliphatic carbocycles. The van der Waals surface area contributed by atoms with Crippen molar-refractivity contribution in [1.29, 1.82) is 5.26 Å². The SMILES string of the molecule is CCc1cc(-c2ccc(C#N)cc2)c(C)n1Cc1[nH]ncc1C. The molecular weight excluding hydrogens is 284 g/mol. The van der Waals surface area contributed by atoms with Crippen LogP contribution < -0.4 is 0 Å². The predicted octanol–water partition coefficient (Wildman–Crippen LogP) is 3.98. The first-order valence-electron chi connectivity index (χ1n) is 7.82. The van der Waals surface area contributed by atoms with Crippen LogP contribution in [0.25, 0.3) is 11.1 Å². The second-order valence-corrected chi connectivity index (χ2v) is 5.80. The Morgan fingerprint density at radius 2 is 1.96 bits per heavy atom. The van der Waals surface area contributed by atoms with Crippen LogP contribution in [-0.2, 0) is 13.0 Å². The number of hydrogen-bond donors (Lipinski definition) is 1. The van der Waals surface area contributed by atoms with E-state index in [9.17, 15) is 0 Å². The van der Waals surface area contributed by atoms with Gasteiger partial charge in [0, 0.05) is 17.0 Å². The van der Waals surface area contributed by atoms with E-state index in [0.29, 0.717) is 5.56 Å². The summed E-state index contributed by atoms with van der Waals surface area (Å²) in [7, 11) is 0. The van der Waals surface area contributed by atoms with E-state index in [0.717, 1.165) is 24.2 Å². The zero-order valence-corrected chi connectivity index (χ0v) is 13.7. The molecule has 3 aromatic rings. The third-order valence-corrected chi connectivity index (χ3v) is 4.39. The number of nitrogens with zero attached hydrogens (tertiary/aromatic N) is 3. The molecule has 0 saturated carbocycles. The summed E-state index contributed by atoms with van der Waals surface area (Å²) >= 11 is 0. The van der Waals surface area contributed by atoms with E-state index in [1.165, 1.54) is 22.5 Å². The van der Waals surface area contributed by atoms with Crippen LogP contribution in [0.3, 0.4) is 0 Å². The summed E-state index contributed by atoms with van der Waals surface area (Å²) in [6.45, 7) is 7.20. The maximum Gasteiger partial charge on any atom is 0.0991 e. The van der Waals surface area contributed by atoms with Crippen molar-refractivity contribution in [3.05, 3.63) is 64.7 Å². The van der Waals surface area contributed by atoms with Crippen LogP contribution >= 0.6 is 0 Å². The summed E-state index contributed by atoms with van der Waals surface area (Å²) < 4.78 is 2.34. The summed E-state index contributed by atoms with van der Waals surface area (Å²) in [4.78, 5) is 0. The zero-order chi connectivity index (χ0) is 16.4. The first kappa shape index (κ1) is 15.1. The molecule has 4 nitrogen and oxygen atoms in total. The molecule has 1 N–H and O–H groups in total. The van der Waals surface area contributed by atoms with Gasteiger partial charge >= 0.3 is 0 Å². The van der Waals surface area contributed by atoms with Crippen LogP contribution in [0.2, 0.25) is 0 Å². The minimum Gasteiger partial charge on any atom is -0.342 e. The normalized spacial score (nSPS) is 10.7. The van der Waals surface area contributed by atoms with E-state index in [1.54, 1.807) is 0 Å². The van der Waals surface area contributed by atoms with Gasteiger partial charge in [0.05, 0.1) is 30.1 Å². The third-order valence-electron chi connectivity index (χ3n) is 4.39. The number of nitrogens with one attached hydrogen (secondary N) is 1. The Labute approximate surface area is 136 Å². The van der Waals surface area contributed by atoms with Crippen molar-refractivity contribution in [2.75, 3.05) is 0 Å². The first-order chi connectivity index (χ1) is 11.1. The Kier molecular flexibility index (Phi) is 4.03. The van der Waals surface area contributed by atoms with Crippen LogP contribution in [0, 0.1) is 25.2 Å². The maximum absolute atomic E-state index is 8.95. The van der Waals surface area contributed by atoms with Gasteiger partial charge in [-0.25, -0.2) is 0 Å².